The van der Waals surface area contributed by atoms with Crippen molar-refractivity contribution in [2.75, 3.05) is 0 Å². The topological polar surface area (TPSA) is 66.2 Å². The van der Waals surface area contributed by atoms with E-state index in [-0.39, 0.29) is 0 Å². The van der Waals surface area contributed by atoms with Crippen LogP contribution in [0.1, 0.15) is 15.9 Å². The number of nitrogens with one attached hydrogen (secondary N) is 1. The SMILES string of the molecule is N=C=NC(=O)c1cnccc1C(F)(F)F. The van der Waals surface area contributed by atoms with E-state index in [9.17, 15) is 18.0 Å². The van der Waals surface area contributed by atoms with Crippen molar-refractivity contribution in [3.8, 4) is 0 Å². The Bertz CT molecular complexity index is 435. The predicted octanol–water partition coefficient (Wildman–Crippen LogP) is 1.99. The van der Waals surface area contributed by atoms with E-state index >= 15 is 0 Å². The van der Waals surface area contributed by atoms with Gasteiger partial charge in [0.25, 0.3) is 5.91 Å². The Balaban J connectivity index is 3.30. The zero-order chi connectivity index (χ0) is 11.5. The molecule has 7 heteroatoms. The van der Waals surface area contributed by atoms with Gasteiger partial charge in [0.15, 0.2) is 0 Å². The van der Waals surface area contributed by atoms with Crippen LogP contribution in [-0.4, -0.2) is 16.9 Å². The van der Waals surface area contributed by atoms with Gasteiger partial charge in [-0.3, -0.25) is 9.78 Å². The number of hydrogen-bond acceptors (Lipinski definition) is 3. The molecule has 15 heavy (non-hydrogen) atoms. The van der Waals surface area contributed by atoms with Gasteiger partial charge in [-0.25, -0.2) is 5.41 Å². The smallest absolute Gasteiger partial charge is 0.266 e. The molecule has 0 fully saturated rings. The molecule has 0 radical (unpaired) electrons. The van der Waals surface area contributed by atoms with Gasteiger partial charge in [0.2, 0.25) is 0 Å². The van der Waals surface area contributed by atoms with Crippen molar-refractivity contribution >= 4 is 11.9 Å². The van der Waals surface area contributed by atoms with Gasteiger partial charge in [0.1, 0.15) is 0 Å². The fraction of sp³-hybridized carbons (Fsp3) is 0.125. The molecule has 0 aromatic carbocycles. The molecule has 4 nitrogen and oxygen atoms in total. The Labute approximate surface area is 82.0 Å². The number of aromatic nitrogens is 1. The summed E-state index contributed by atoms with van der Waals surface area (Å²) >= 11 is 0. The van der Waals surface area contributed by atoms with E-state index in [4.69, 9.17) is 5.41 Å². The molecule has 0 saturated carbocycles. The van der Waals surface area contributed by atoms with Crippen molar-refractivity contribution in [2.24, 2.45) is 4.99 Å². The molecule has 0 atom stereocenters. The van der Waals surface area contributed by atoms with Crippen LogP contribution in [0.2, 0.25) is 0 Å². The molecule has 0 unspecified atom stereocenters. The maximum atomic E-state index is 12.4. The largest absolute Gasteiger partial charge is 0.417 e. The van der Waals surface area contributed by atoms with E-state index < -0.39 is 23.2 Å². The molecule has 0 spiro atoms. The number of pyridine rings is 1. The Kier molecular flexibility index (Phi) is 2.96. The summed E-state index contributed by atoms with van der Waals surface area (Å²) in [7, 11) is 0. The van der Waals surface area contributed by atoms with Crippen molar-refractivity contribution in [1.29, 1.82) is 5.41 Å². The number of alkyl halides is 3. The summed E-state index contributed by atoms with van der Waals surface area (Å²) in [5.74, 6) is -1.19. The minimum atomic E-state index is -4.65. The highest BCUT2D eigenvalue weighted by Gasteiger charge is 2.35. The third-order valence-electron chi connectivity index (χ3n) is 1.51. The minimum Gasteiger partial charge on any atom is -0.266 e. The van der Waals surface area contributed by atoms with E-state index in [1.807, 2.05) is 0 Å². The molecule has 1 N–H and O–H groups in total. The lowest BCUT2D eigenvalue weighted by Gasteiger charge is -2.08. The summed E-state index contributed by atoms with van der Waals surface area (Å²) in [6.45, 7) is 0. The van der Waals surface area contributed by atoms with Crippen LogP contribution in [0.3, 0.4) is 0 Å². The highest BCUT2D eigenvalue weighted by molar-refractivity contribution is 5.98. The average molecular weight is 215 g/mol. The third-order valence-corrected chi connectivity index (χ3v) is 1.51. The van der Waals surface area contributed by atoms with E-state index in [1.54, 1.807) is 0 Å². The monoisotopic (exact) mass is 215 g/mol. The van der Waals surface area contributed by atoms with Gasteiger partial charge in [-0.05, 0) is 6.07 Å². The van der Waals surface area contributed by atoms with Gasteiger partial charge in [0, 0.05) is 12.4 Å². The van der Waals surface area contributed by atoms with Crippen LogP contribution in [0, 0.1) is 5.41 Å². The Morgan fingerprint density at radius 3 is 2.73 bits per heavy atom. The molecule has 0 saturated heterocycles. The summed E-state index contributed by atoms with van der Waals surface area (Å²) in [5, 5.41) is 6.37. The van der Waals surface area contributed by atoms with Crippen LogP contribution in [0.25, 0.3) is 0 Å². The number of amides is 1. The normalized spacial score (nSPS) is 10.6. The number of aliphatic imine (C=N–C) groups is 1. The highest BCUT2D eigenvalue weighted by atomic mass is 19.4. The van der Waals surface area contributed by atoms with Crippen molar-refractivity contribution in [2.45, 2.75) is 6.18 Å². The van der Waals surface area contributed by atoms with Gasteiger partial charge in [0.05, 0.1) is 17.1 Å². The van der Waals surface area contributed by atoms with Crippen molar-refractivity contribution in [3.63, 3.8) is 0 Å². The van der Waals surface area contributed by atoms with Gasteiger partial charge < -0.3 is 0 Å². The molecule has 0 aliphatic heterocycles. The second kappa shape index (κ2) is 4.02. The Morgan fingerprint density at radius 2 is 2.20 bits per heavy atom. The van der Waals surface area contributed by atoms with E-state index in [2.05, 4.69) is 9.98 Å². The molecule has 1 aromatic rings. The summed E-state index contributed by atoms with van der Waals surface area (Å²) in [4.78, 5) is 17.2. The first kappa shape index (κ1) is 11.1. The summed E-state index contributed by atoms with van der Waals surface area (Å²) < 4.78 is 37.1. The lowest BCUT2D eigenvalue weighted by Crippen LogP contribution is -2.12. The molecule has 0 aliphatic rings. The lowest BCUT2D eigenvalue weighted by atomic mass is 10.1. The highest BCUT2D eigenvalue weighted by Crippen LogP contribution is 2.31. The maximum absolute atomic E-state index is 12.4. The number of hydrogen-bond donors (Lipinski definition) is 1. The van der Waals surface area contributed by atoms with Crippen LogP contribution in [0.4, 0.5) is 13.2 Å². The van der Waals surface area contributed by atoms with Crippen LogP contribution in [-0.2, 0) is 6.18 Å². The first-order valence-electron chi connectivity index (χ1n) is 3.65. The first-order chi connectivity index (χ1) is 6.96. The number of nitrogens with zero attached hydrogens (tertiary/aromatic N) is 2. The number of carbonyl (C=O) groups is 1. The Morgan fingerprint density at radius 1 is 1.53 bits per heavy atom. The molecule has 78 valence electrons. The molecule has 1 rings (SSSR count). The lowest BCUT2D eigenvalue weighted by molar-refractivity contribution is -0.138. The van der Waals surface area contributed by atoms with E-state index in [0.717, 1.165) is 12.4 Å². The molecule has 1 heterocycles. The molecule has 1 aromatic heterocycles. The predicted molar refractivity (Wildman–Crippen MR) is 43.7 cm³/mol. The van der Waals surface area contributed by atoms with Gasteiger partial charge in [-0.2, -0.15) is 13.2 Å². The van der Waals surface area contributed by atoms with E-state index in [0.29, 0.717) is 6.07 Å². The van der Waals surface area contributed by atoms with E-state index in [1.165, 1.54) is 6.01 Å². The molecular weight excluding hydrogens is 211 g/mol. The Hall–Kier alpha value is -2.01. The molecule has 0 aliphatic carbocycles. The fourth-order valence-corrected chi connectivity index (χ4v) is 0.923. The van der Waals surface area contributed by atoms with Crippen molar-refractivity contribution < 1.29 is 18.0 Å². The first-order valence-corrected chi connectivity index (χ1v) is 3.65. The zero-order valence-electron chi connectivity index (χ0n) is 7.17. The number of carbonyl (C=O) groups excluding carboxylic acids is 1. The second-order valence-corrected chi connectivity index (χ2v) is 2.45. The number of halogens is 3. The van der Waals surface area contributed by atoms with Crippen molar-refractivity contribution in [3.05, 3.63) is 29.6 Å². The third kappa shape index (κ3) is 2.47. The molecule has 0 bridgehead atoms. The quantitative estimate of drug-likeness (QED) is 0.728. The zero-order valence-corrected chi connectivity index (χ0v) is 7.17. The summed E-state index contributed by atoms with van der Waals surface area (Å²) in [5.41, 5.74) is -1.81. The average Bonchev–Trinajstić information content (AvgIpc) is 2.17. The molecule has 1 amide bonds. The van der Waals surface area contributed by atoms with Crippen LogP contribution in [0.5, 0.6) is 0 Å². The maximum Gasteiger partial charge on any atom is 0.417 e. The summed E-state index contributed by atoms with van der Waals surface area (Å²) in [6.07, 6.45) is -2.97. The fourth-order valence-electron chi connectivity index (χ4n) is 0.923. The van der Waals surface area contributed by atoms with Gasteiger partial charge >= 0.3 is 6.18 Å². The van der Waals surface area contributed by atoms with Gasteiger partial charge in [-0.15, -0.1) is 4.99 Å². The standard InChI is InChI=1S/C8H4F3N3O/c9-8(10,11)6-1-2-13-3-5(6)7(15)14-4-12/h1-3,12H. The van der Waals surface area contributed by atoms with Crippen LogP contribution in [0.15, 0.2) is 23.5 Å². The second-order valence-electron chi connectivity index (χ2n) is 2.45. The van der Waals surface area contributed by atoms with Crippen LogP contribution < -0.4 is 0 Å². The molecular formula is C8H4F3N3O. The van der Waals surface area contributed by atoms with Gasteiger partial charge in [-0.1, -0.05) is 0 Å². The summed E-state index contributed by atoms with van der Waals surface area (Å²) in [6, 6.07) is 2.05. The van der Waals surface area contributed by atoms with Crippen LogP contribution >= 0.6 is 0 Å². The minimum absolute atomic E-state index is 0.673. The number of rotatable bonds is 1. The van der Waals surface area contributed by atoms with Crippen molar-refractivity contribution in [1.82, 2.24) is 4.98 Å².